The van der Waals surface area contributed by atoms with Crippen molar-refractivity contribution in [3.8, 4) is 71.1 Å². The first-order chi connectivity index (χ1) is 54.0. The average Bonchev–Trinajstić information content (AvgIpc) is 1.82. The van der Waals surface area contributed by atoms with Crippen LogP contribution in [0.25, 0.3) is 53.5 Å². The predicted molar refractivity (Wildman–Crippen MR) is 443 cm³/mol. The van der Waals surface area contributed by atoms with Gasteiger partial charge in [-0.3, -0.25) is 0 Å². The van der Waals surface area contributed by atoms with Crippen LogP contribution >= 0.6 is 56.7 Å². The molecule has 0 radical (unpaired) electrons. The second-order valence-electron chi connectivity index (χ2n) is 24.2. The molecule has 0 aliphatic rings. The molecule has 0 bridgehead atoms. The van der Waals surface area contributed by atoms with Crippen LogP contribution in [0.5, 0.6) is 11.5 Å². The Morgan fingerprint density at radius 1 is 0.360 bits per heavy atom. The molecule has 10 aromatic heterocycles. The quantitative estimate of drug-likeness (QED) is 0.0503. The molecular weight excluding hydrogens is 1490 g/mol. The van der Waals surface area contributed by atoms with Gasteiger partial charge in [0.2, 0.25) is 29.7 Å². The first-order valence-electron chi connectivity index (χ1n) is 34.5. The highest BCUT2D eigenvalue weighted by molar-refractivity contribution is 7.16. The molecule has 0 saturated carbocycles. The molecule has 29 heteroatoms. The molecule has 16 rings (SSSR count). The number of anilines is 10. The van der Waals surface area contributed by atoms with Gasteiger partial charge in [-0.05, 0) is 180 Å². The molecule has 16 aromatic rings. The lowest BCUT2D eigenvalue weighted by molar-refractivity contribution is 0.483. The number of thiazole rings is 5. The third kappa shape index (κ3) is 22.8. The fraction of sp³-hybridized carbons (Fsp3) is 0.122. The van der Waals surface area contributed by atoms with E-state index in [4.69, 9.17) is 10.00 Å². The minimum atomic E-state index is -0.700. The van der Waals surface area contributed by atoms with Crippen LogP contribution in [0.15, 0.2) is 232 Å². The molecular formula is C82H71F2N21OS5. The number of hydrogen-bond donors (Lipinski definition) is 5. The predicted octanol–water partition coefficient (Wildman–Crippen LogP) is 21.6. The molecule has 22 nitrogen and oxygen atoms in total. The lowest BCUT2D eigenvalue weighted by Gasteiger charge is -2.11. The number of nitrogens with one attached hydrogen (secondary N) is 5. The van der Waals surface area contributed by atoms with E-state index in [-0.39, 0.29) is 11.6 Å². The number of aromatic nitrogens is 15. The van der Waals surface area contributed by atoms with Crippen LogP contribution in [0.2, 0.25) is 0 Å². The third-order valence-corrected chi connectivity index (χ3v) is 20.2. The number of para-hydroxylation sites is 2. The number of nitrogens with zero attached hydrogens (tertiary/aromatic N) is 16. The van der Waals surface area contributed by atoms with Crippen LogP contribution in [-0.4, -0.2) is 74.8 Å². The second kappa shape index (κ2) is 38.2. The van der Waals surface area contributed by atoms with E-state index in [0.29, 0.717) is 35.9 Å². The zero-order valence-corrected chi connectivity index (χ0v) is 65.3. The molecule has 0 atom stereocenters. The van der Waals surface area contributed by atoms with E-state index in [1.807, 2.05) is 181 Å². The van der Waals surface area contributed by atoms with Crippen molar-refractivity contribution >= 4 is 115 Å². The molecule has 5 N–H and O–H groups in total. The molecule has 0 aliphatic heterocycles. The summed E-state index contributed by atoms with van der Waals surface area (Å²) < 4.78 is 32.3. The Labute approximate surface area is 659 Å². The summed E-state index contributed by atoms with van der Waals surface area (Å²) in [5, 5.41) is 28.7. The molecule has 0 fully saturated rings. The van der Waals surface area contributed by atoms with Crippen molar-refractivity contribution in [3.63, 3.8) is 0 Å². The number of ether oxygens (including phenoxy) is 1. The summed E-state index contributed by atoms with van der Waals surface area (Å²) in [4.78, 5) is 70.9. The van der Waals surface area contributed by atoms with E-state index in [1.165, 1.54) is 49.9 Å². The van der Waals surface area contributed by atoms with Gasteiger partial charge in [-0.1, -0.05) is 67.6 Å². The van der Waals surface area contributed by atoms with Crippen molar-refractivity contribution in [1.29, 1.82) is 5.26 Å². The molecule has 10 heterocycles. The number of rotatable bonds is 19. The van der Waals surface area contributed by atoms with Gasteiger partial charge in [0.05, 0.1) is 18.2 Å². The molecule has 0 aliphatic carbocycles. The Hall–Kier alpha value is -13.0. The van der Waals surface area contributed by atoms with Gasteiger partial charge in [-0.25, -0.2) is 83.5 Å². The van der Waals surface area contributed by atoms with Gasteiger partial charge in [0.25, 0.3) is 0 Å². The van der Waals surface area contributed by atoms with Crippen molar-refractivity contribution in [2.24, 2.45) is 0 Å². The smallest absolute Gasteiger partial charge is 0.227 e. The summed E-state index contributed by atoms with van der Waals surface area (Å²) >= 11 is 7.99. The van der Waals surface area contributed by atoms with Gasteiger partial charge in [-0.2, -0.15) is 5.26 Å². The second-order valence-corrected chi connectivity index (χ2v) is 30.4. The van der Waals surface area contributed by atoms with E-state index in [9.17, 15) is 8.78 Å². The molecule has 0 unspecified atom stereocenters. The van der Waals surface area contributed by atoms with Crippen LogP contribution in [0.1, 0.15) is 53.6 Å². The van der Waals surface area contributed by atoms with E-state index < -0.39 is 11.6 Å². The Morgan fingerprint density at radius 3 is 1.13 bits per heavy atom. The van der Waals surface area contributed by atoms with Crippen molar-refractivity contribution in [2.45, 2.75) is 68.2 Å². The number of aryl methyl sites for hydroxylation is 8. The highest BCUT2D eigenvalue weighted by Crippen LogP contribution is 2.32. The van der Waals surface area contributed by atoms with Gasteiger partial charge in [-0.15, -0.1) is 56.7 Å². The fourth-order valence-electron chi connectivity index (χ4n) is 10.2. The van der Waals surface area contributed by atoms with Crippen LogP contribution in [0.3, 0.4) is 0 Å². The van der Waals surface area contributed by atoms with Crippen LogP contribution in [0, 0.1) is 71.4 Å². The van der Waals surface area contributed by atoms with Crippen LogP contribution in [0.4, 0.5) is 67.0 Å². The number of nitriles is 1. The van der Waals surface area contributed by atoms with Crippen molar-refractivity contribution in [2.75, 3.05) is 26.6 Å². The molecule has 554 valence electrons. The van der Waals surface area contributed by atoms with E-state index >= 15 is 0 Å². The van der Waals surface area contributed by atoms with E-state index in [0.717, 1.165) is 115 Å². The summed E-state index contributed by atoms with van der Waals surface area (Å²) in [5.74, 6) is 2.72. The Kier molecular flexibility index (Phi) is 26.7. The minimum absolute atomic E-state index is 0.115. The van der Waals surface area contributed by atoms with E-state index in [1.54, 1.807) is 88.6 Å². The zero-order chi connectivity index (χ0) is 77.4. The molecule has 111 heavy (non-hydrogen) atoms. The van der Waals surface area contributed by atoms with Gasteiger partial charge in [0, 0.05) is 115 Å². The van der Waals surface area contributed by atoms with Gasteiger partial charge < -0.3 is 31.3 Å². The monoisotopic (exact) mass is 1560 g/mol. The standard InChI is InChI=1S/C20H16N4OS.C16H13N5S.2C16H16N4S.C14H10F2N4S/c1-14-13-22-19(26-14)18-11-12-21-20(24-18)23-15-7-9-17(10-8-15)25-16-5-3-2-4-6-16;1-11-10-19-15(22-11)14-7-9-18-16(21-14)20-13-4-2-12(3-5-13)6-8-17;1-10-5-4-6-11(2)14(10)20-16-17-8-7-13(19-16)15-18-9-12(3)21-15;1-3-12-5-4-6-13(9-12)19-16-17-8-7-14(20-16)15-18-10-11(2)21-15;1-8-7-18-13(21-8)12-4-5-17-14(20-12)19-11-3-2-9(15)6-10(11)16/h2-13H,1H3,(H,21,23,24);2-5,7,9-10H,6H2,1H3,(H,18,20,21);4-9H,1-3H3,(H,17,19,20);4-10H,3H2,1-2H3,(H,17,19,20);2-7H,1H3,(H,17,19,20). The molecule has 0 spiro atoms. The summed E-state index contributed by atoms with van der Waals surface area (Å²) in [7, 11) is 0. The lowest BCUT2D eigenvalue weighted by atomic mass is 10.1. The van der Waals surface area contributed by atoms with Crippen LogP contribution in [-0.2, 0) is 12.8 Å². The molecule has 0 saturated heterocycles. The number of benzene rings is 6. The largest absolute Gasteiger partial charge is 0.457 e. The maximum absolute atomic E-state index is 13.6. The van der Waals surface area contributed by atoms with Crippen molar-refractivity contribution < 1.29 is 13.5 Å². The number of hydrogen-bond acceptors (Lipinski definition) is 27. The van der Waals surface area contributed by atoms with Crippen LogP contribution < -0.4 is 31.3 Å². The molecule has 6 aromatic carbocycles. The van der Waals surface area contributed by atoms with Gasteiger partial charge in [0.1, 0.15) is 76.6 Å². The average molecular weight is 1560 g/mol. The lowest BCUT2D eigenvalue weighted by Crippen LogP contribution is -2.01. The normalized spacial score (nSPS) is 10.5. The minimum Gasteiger partial charge on any atom is -0.457 e. The fourth-order valence-corrected chi connectivity index (χ4v) is 13.8. The summed E-state index contributed by atoms with van der Waals surface area (Å²) in [6, 6.07) is 54.1. The van der Waals surface area contributed by atoms with Crippen molar-refractivity contribution in [1.82, 2.24) is 74.8 Å². The third-order valence-electron chi connectivity index (χ3n) is 15.5. The summed E-state index contributed by atoms with van der Waals surface area (Å²) in [5.41, 5.74) is 12.5. The maximum Gasteiger partial charge on any atom is 0.227 e. The topological polar surface area (TPSA) is 287 Å². The highest BCUT2D eigenvalue weighted by Gasteiger charge is 2.14. The van der Waals surface area contributed by atoms with E-state index in [2.05, 4.69) is 152 Å². The first-order valence-corrected chi connectivity index (χ1v) is 38.6. The Balaban J connectivity index is 0.000000129. The summed E-state index contributed by atoms with van der Waals surface area (Å²) in [6.07, 6.45) is 19.1. The SMILES string of the molecule is CCc1cccc(Nc2nccc(-c3ncc(C)s3)n2)c1.Cc1cnc(-c2ccnc(Nc3c(C)cccc3C)n2)s1.Cc1cnc(-c2ccnc(Nc3ccc(CC#N)cc3)n2)s1.Cc1cnc(-c2ccnc(Nc3ccc(F)cc3F)n2)s1.Cc1cnc(-c2ccnc(Nc3ccc(Oc4ccccc4)cc3)n2)s1. The zero-order valence-electron chi connectivity index (χ0n) is 61.2. The van der Waals surface area contributed by atoms with Gasteiger partial charge in [0.15, 0.2) is 0 Å². The van der Waals surface area contributed by atoms with Crippen molar-refractivity contribution in [3.05, 3.63) is 290 Å². The number of halogens is 2. The Bertz CT molecular complexity index is 5750. The first kappa shape index (κ1) is 77.6. The maximum atomic E-state index is 13.6. The molecule has 0 amide bonds. The highest BCUT2D eigenvalue weighted by atomic mass is 32.1. The van der Waals surface area contributed by atoms with Gasteiger partial charge >= 0.3 is 0 Å². The summed E-state index contributed by atoms with van der Waals surface area (Å²) in [6.45, 7) is 16.4. The Morgan fingerprint density at radius 2 is 0.739 bits per heavy atom.